The summed E-state index contributed by atoms with van der Waals surface area (Å²) < 4.78 is 47.9. The summed E-state index contributed by atoms with van der Waals surface area (Å²) >= 11 is 0. The minimum absolute atomic E-state index is 0.0343. The lowest BCUT2D eigenvalue weighted by molar-refractivity contribution is -0.0513. The number of halogens is 3. The molecule has 1 unspecified atom stereocenters. The highest BCUT2D eigenvalue weighted by molar-refractivity contribution is 6.00. The van der Waals surface area contributed by atoms with Crippen LogP contribution in [0.3, 0.4) is 0 Å². The van der Waals surface area contributed by atoms with Crippen molar-refractivity contribution in [3.8, 4) is 5.75 Å². The van der Waals surface area contributed by atoms with Gasteiger partial charge in [0.15, 0.2) is 5.72 Å². The molecular weight excluding hydrogens is 395 g/mol. The largest absolute Gasteiger partial charge is 0.497 e. The third kappa shape index (κ3) is 3.11. The summed E-state index contributed by atoms with van der Waals surface area (Å²) in [4.78, 5) is 14.0. The molecule has 0 saturated carbocycles. The van der Waals surface area contributed by atoms with E-state index >= 15 is 0 Å². The molecule has 3 aromatic rings. The molecule has 1 heterocycles. The molecule has 154 valence electrons. The van der Waals surface area contributed by atoms with Crippen molar-refractivity contribution in [1.82, 2.24) is 4.90 Å². The lowest BCUT2D eigenvalue weighted by atomic mass is 9.93. The number of hydrogen-bond donors (Lipinski definition) is 1. The number of methoxy groups -OCH3 is 1. The van der Waals surface area contributed by atoms with Crippen LogP contribution in [0, 0.1) is 17.5 Å². The molecule has 0 fully saturated rings. The molecule has 3 aromatic carbocycles. The number of amides is 1. The second-order valence-corrected chi connectivity index (χ2v) is 7.02. The van der Waals surface area contributed by atoms with Crippen LogP contribution in [-0.2, 0) is 12.1 Å². The first-order valence-corrected chi connectivity index (χ1v) is 9.28. The predicted octanol–water partition coefficient (Wildman–Crippen LogP) is 4.00. The standard InChI is InChI=1S/C23H18F3NO3/c1-30-17-4-2-3-14(13-17)11-12-27-22(28)20-18(25)9-10-19(26)21(20)23(27,29)15-5-7-16(24)8-6-15/h2-10,13,29H,11-12H2,1H3. The Labute approximate surface area is 171 Å². The van der Waals surface area contributed by atoms with Crippen molar-refractivity contribution in [3.63, 3.8) is 0 Å². The average Bonchev–Trinajstić information content (AvgIpc) is 2.98. The molecule has 0 radical (unpaired) electrons. The number of aliphatic hydroxyl groups is 1. The molecule has 0 spiro atoms. The van der Waals surface area contributed by atoms with E-state index < -0.39 is 40.2 Å². The van der Waals surface area contributed by atoms with Gasteiger partial charge in [-0.2, -0.15) is 0 Å². The zero-order chi connectivity index (χ0) is 21.5. The maximum Gasteiger partial charge on any atom is 0.260 e. The van der Waals surface area contributed by atoms with Gasteiger partial charge in [0.05, 0.1) is 18.2 Å². The monoisotopic (exact) mass is 413 g/mol. The van der Waals surface area contributed by atoms with Gasteiger partial charge in [0.1, 0.15) is 23.2 Å². The predicted molar refractivity (Wildman–Crippen MR) is 103 cm³/mol. The van der Waals surface area contributed by atoms with Crippen molar-refractivity contribution in [2.45, 2.75) is 12.1 Å². The van der Waals surface area contributed by atoms with Gasteiger partial charge in [-0.3, -0.25) is 4.79 Å². The fraction of sp³-hybridized carbons (Fsp3) is 0.174. The van der Waals surface area contributed by atoms with Gasteiger partial charge in [-0.1, -0.05) is 24.3 Å². The summed E-state index contributed by atoms with van der Waals surface area (Å²) in [6.45, 7) is -0.0343. The van der Waals surface area contributed by atoms with Crippen LogP contribution in [0.1, 0.15) is 27.0 Å². The van der Waals surface area contributed by atoms with E-state index in [2.05, 4.69) is 0 Å². The molecule has 1 atom stereocenters. The van der Waals surface area contributed by atoms with Crippen LogP contribution in [-0.4, -0.2) is 29.6 Å². The first-order chi connectivity index (χ1) is 14.4. The highest BCUT2D eigenvalue weighted by atomic mass is 19.1. The molecule has 4 nitrogen and oxygen atoms in total. The van der Waals surface area contributed by atoms with Crippen molar-refractivity contribution in [2.75, 3.05) is 13.7 Å². The summed E-state index contributed by atoms with van der Waals surface area (Å²) in [5.41, 5.74) is -2.39. The number of rotatable bonds is 5. The fourth-order valence-corrected chi connectivity index (χ4v) is 3.83. The van der Waals surface area contributed by atoms with Gasteiger partial charge in [-0.25, -0.2) is 13.2 Å². The van der Waals surface area contributed by atoms with Crippen molar-refractivity contribution in [3.05, 3.63) is 100 Å². The van der Waals surface area contributed by atoms with Gasteiger partial charge in [0.25, 0.3) is 5.91 Å². The Bertz CT molecular complexity index is 1120. The molecule has 1 aliphatic rings. The summed E-state index contributed by atoms with van der Waals surface area (Å²) in [6.07, 6.45) is 0.295. The topological polar surface area (TPSA) is 49.8 Å². The highest BCUT2D eigenvalue weighted by Gasteiger charge is 2.52. The zero-order valence-corrected chi connectivity index (χ0v) is 16.0. The maximum absolute atomic E-state index is 14.7. The summed E-state index contributed by atoms with van der Waals surface area (Å²) in [5, 5.41) is 11.6. The normalized spacial score (nSPS) is 17.9. The van der Waals surface area contributed by atoms with Crippen LogP contribution in [0.25, 0.3) is 0 Å². The Morgan fingerprint density at radius 2 is 1.70 bits per heavy atom. The van der Waals surface area contributed by atoms with E-state index in [0.29, 0.717) is 12.2 Å². The van der Waals surface area contributed by atoms with Gasteiger partial charge in [-0.05, 0) is 48.4 Å². The number of benzene rings is 3. The second kappa shape index (κ2) is 7.50. The van der Waals surface area contributed by atoms with Crippen molar-refractivity contribution in [1.29, 1.82) is 0 Å². The van der Waals surface area contributed by atoms with E-state index in [0.717, 1.165) is 34.7 Å². The van der Waals surface area contributed by atoms with Crippen molar-refractivity contribution < 1.29 is 27.8 Å². The first kappa shape index (κ1) is 20.0. The van der Waals surface area contributed by atoms with E-state index in [4.69, 9.17) is 4.74 Å². The lowest BCUT2D eigenvalue weighted by Gasteiger charge is -2.35. The Hall–Kier alpha value is -3.32. The molecule has 30 heavy (non-hydrogen) atoms. The number of carbonyl (C=O) groups excluding carboxylic acids is 1. The first-order valence-electron chi connectivity index (χ1n) is 9.28. The summed E-state index contributed by atoms with van der Waals surface area (Å²) in [5.74, 6) is -2.63. The van der Waals surface area contributed by atoms with E-state index in [1.165, 1.54) is 19.2 Å². The molecule has 1 aliphatic heterocycles. The molecule has 1 amide bonds. The maximum atomic E-state index is 14.7. The fourth-order valence-electron chi connectivity index (χ4n) is 3.83. The SMILES string of the molecule is COc1cccc(CCN2C(=O)c3c(F)ccc(F)c3C2(O)c2ccc(F)cc2)c1. The third-order valence-electron chi connectivity index (χ3n) is 5.31. The van der Waals surface area contributed by atoms with E-state index in [-0.39, 0.29) is 12.1 Å². The lowest BCUT2D eigenvalue weighted by Crippen LogP contribution is -2.46. The molecule has 0 aliphatic carbocycles. The summed E-state index contributed by atoms with van der Waals surface area (Å²) in [6, 6.07) is 13.5. The van der Waals surface area contributed by atoms with Crippen LogP contribution in [0.2, 0.25) is 0 Å². The van der Waals surface area contributed by atoms with E-state index in [9.17, 15) is 23.1 Å². The Morgan fingerprint density at radius 1 is 1.00 bits per heavy atom. The van der Waals surface area contributed by atoms with Crippen molar-refractivity contribution in [2.24, 2.45) is 0 Å². The minimum atomic E-state index is -2.27. The van der Waals surface area contributed by atoms with E-state index in [1.54, 1.807) is 18.2 Å². The van der Waals surface area contributed by atoms with Crippen LogP contribution in [0.15, 0.2) is 60.7 Å². The minimum Gasteiger partial charge on any atom is -0.497 e. The smallest absolute Gasteiger partial charge is 0.260 e. The van der Waals surface area contributed by atoms with E-state index in [1.807, 2.05) is 6.07 Å². The number of carbonyl (C=O) groups is 1. The van der Waals surface area contributed by atoms with Gasteiger partial charge in [0.2, 0.25) is 0 Å². The van der Waals surface area contributed by atoms with Gasteiger partial charge >= 0.3 is 0 Å². The molecule has 4 rings (SSSR count). The van der Waals surface area contributed by atoms with Crippen molar-refractivity contribution >= 4 is 5.91 Å². The molecule has 0 aromatic heterocycles. The van der Waals surface area contributed by atoms with Gasteiger partial charge in [-0.15, -0.1) is 0 Å². The summed E-state index contributed by atoms with van der Waals surface area (Å²) in [7, 11) is 1.53. The molecule has 0 bridgehead atoms. The zero-order valence-electron chi connectivity index (χ0n) is 16.0. The highest BCUT2D eigenvalue weighted by Crippen LogP contribution is 2.44. The van der Waals surface area contributed by atoms with Crippen LogP contribution in [0.4, 0.5) is 13.2 Å². The van der Waals surface area contributed by atoms with Crippen LogP contribution >= 0.6 is 0 Å². The number of hydrogen-bond acceptors (Lipinski definition) is 3. The number of ether oxygens (including phenoxy) is 1. The van der Waals surface area contributed by atoms with Gasteiger partial charge < -0.3 is 14.7 Å². The van der Waals surface area contributed by atoms with Crippen LogP contribution in [0.5, 0.6) is 5.75 Å². The van der Waals surface area contributed by atoms with Crippen LogP contribution < -0.4 is 4.74 Å². The number of fused-ring (bicyclic) bond motifs is 1. The number of nitrogens with zero attached hydrogens (tertiary/aromatic N) is 1. The molecule has 7 heteroatoms. The Balaban J connectivity index is 1.79. The van der Waals surface area contributed by atoms with Gasteiger partial charge in [0, 0.05) is 12.1 Å². The second-order valence-electron chi connectivity index (χ2n) is 7.02. The molecule has 1 N–H and O–H groups in total. The Morgan fingerprint density at radius 3 is 2.40 bits per heavy atom. The Kier molecular flexibility index (Phi) is 4.99. The molecule has 0 saturated heterocycles. The average molecular weight is 413 g/mol. The quantitative estimate of drug-likeness (QED) is 0.688. The molecular formula is C23H18F3NO3. The third-order valence-corrected chi connectivity index (χ3v) is 5.31.